The fraction of sp³-hybridized carbons (Fsp3) is 0.263. The highest BCUT2D eigenvalue weighted by molar-refractivity contribution is 9.10. The number of carbonyl (C=O) groups excluding carboxylic acids is 1. The average molecular weight is 501 g/mol. The Morgan fingerprint density at radius 2 is 1.76 bits per heavy atom. The van der Waals surface area contributed by atoms with E-state index in [2.05, 4.69) is 26.5 Å². The maximum atomic E-state index is 12.7. The first kappa shape index (κ1) is 21.9. The highest BCUT2D eigenvalue weighted by Gasteiger charge is 2.31. The van der Waals surface area contributed by atoms with Crippen LogP contribution in [0.1, 0.15) is 5.56 Å². The summed E-state index contributed by atoms with van der Waals surface area (Å²) < 4.78 is 27.7. The van der Waals surface area contributed by atoms with Crippen molar-refractivity contribution in [2.75, 3.05) is 32.7 Å². The van der Waals surface area contributed by atoms with E-state index >= 15 is 0 Å². The van der Waals surface area contributed by atoms with Gasteiger partial charge in [-0.1, -0.05) is 39.7 Å². The Hall–Kier alpha value is -1.78. The fourth-order valence-electron chi connectivity index (χ4n) is 2.97. The molecule has 2 aromatic rings. The predicted octanol–water partition coefficient (Wildman–Crippen LogP) is 1.14. The maximum Gasteiger partial charge on any atom is 0.295 e. The highest BCUT2D eigenvalue weighted by Crippen LogP contribution is 2.18. The number of amides is 1. The first-order chi connectivity index (χ1) is 13.8. The summed E-state index contributed by atoms with van der Waals surface area (Å²) in [5.74, 6) is -0.213. The lowest BCUT2D eigenvalue weighted by atomic mass is 10.2. The number of halogens is 2. The third-order valence-corrected chi connectivity index (χ3v) is 7.26. The Labute approximate surface area is 183 Å². The molecular formula is C19H21BrClN4O3S+. The molecule has 0 saturated carbocycles. The van der Waals surface area contributed by atoms with Crippen molar-refractivity contribution in [2.45, 2.75) is 4.90 Å². The molecule has 1 fully saturated rings. The van der Waals surface area contributed by atoms with Crippen molar-refractivity contribution >= 4 is 49.7 Å². The zero-order valence-electron chi connectivity index (χ0n) is 15.5. The molecule has 1 aliphatic heterocycles. The first-order valence-electron chi connectivity index (χ1n) is 9.01. The third-order valence-electron chi connectivity index (χ3n) is 4.56. The molecule has 0 aliphatic carbocycles. The van der Waals surface area contributed by atoms with Crippen molar-refractivity contribution in [3.63, 3.8) is 0 Å². The van der Waals surface area contributed by atoms with Crippen LogP contribution in [-0.2, 0) is 14.8 Å². The van der Waals surface area contributed by atoms with Crippen LogP contribution in [0.25, 0.3) is 0 Å². The zero-order chi connectivity index (χ0) is 20.9. The lowest BCUT2D eigenvalue weighted by Crippen LogP contribution is -3.15. The quantitative estimate of drug-likeness (QED) is 0.461. The van der Waals surface area contributed by atoms with Gasteiger partial charge < -0.3 is 4.90 Å². The summed E-state index contributed by atoms with van der Waals surface area (Å²) in [7, 11) is -3.51. The molecule has 0 radical (unpaired) electrons. The number of nitrogens with one attached hydrogen (secondary N) is 2. The first-order valence-corrected chi connectivity index (χ1v) is 11.6. The largest absolute Gasteiger partial charge is 0.325 e. The van der Waals surface area contributed by atoms with E-state index in [0.717, 1.165) is 14.9 Å². The minimum absolute atomic E-state index is 0.213. The number of hydrogen-bond acceptors (Lipinski definition) is 4. The molecule has 3 rings (SSSR count). The van der Waals surface area contributed by atoms with E-state index in [4.69, 9.17) is 11.6 Å². The van der Waals surface area contributed by atoms with Gasteiger partial charge in [0.2, 0.25) is 10.0 Å². The Morgan fingerprint density at radius 1 is 1.14 bits per heavy atom. The van der Waals surface area contributed by atoms with Gasteiger partial charge in [-0.05, 0) is 42.0 Å². The molecule has 7 nitrogen and oxygen atoms in total. The lowest BCUT2D eigenvalue weighted by molar-refractivity contribution is -0.895. The summed E-state index contributed by atoms with van der Waals surface area (Å²) >= 11 is 9.13. The molecule has 1 heterocycles. The SMILES string of the molecule is O=C(C[NH+]1CCN(S(=O)(=O)c2ccc(Br)cc2)CC1)N/N=C\c1ccc(Cl)cc1. The summed E-state index contributed by atoms with van der Waals surface area (Å²) in [4.78, 5) is 13.4. The Balaban J connectivity index is 1.47. The molecule has 0 spiro atoms. The summed E-state index contributed by atoms with van der Waals surface area (Å²) in [6.07, 6.45) is 1.55. The van der Waals surface area contributed by atoms with Gasteiger partial charge in [0.25, 0.3) is 5.91 Å². The van der Waals surface area contributed by atoms with Gasteiger partial charge in [0.1, 0.15) is 0 Å². The monoisotopic (exact) mass is 499 g/mol. The van der Waals surface area contributed by atoms with Gasteiger partial charge in [-0.15, -0.1) is 0 Å². The second-order valence-electron chi connectivity index (χ2n) is 6.63. The Bertz CT molecular complexity index is 974. The molecule has 29 heavy (non-hydrogen) atoms. The van der Waals surface area contributed by atoms with Crippen LogP contribution in [0.15, 0.2) is 63.0 Å². The number of quaternary nitrogens is 1. The van der Waals surface area contributed by atoms with Crippen LogP contribution < -0.4 is 10.3 Å². The standard InChI is InChI=1S/C19H20BrClN4O3S/c20-16-3-7-18(8-4-16)29(27,28)25-11-9-24(10-12-25)14-19(26)23-22-13-15-1-5-17(21)6-2-15/h1-8,13H,9-12,14H2,(H,23,26)/p+1/b22-13-. The van der Waals surface area contributed by atoms with Crippen LogP contribution >= 0.6 is 27.5 Å². The van der Waals surface area contributed by atoms with E-state index in [-0.39, 0.29) is 17.3 Å². The molecule has 1 amide bonds. The Morgan fingerprint density at radius 3 is 2.38 bits per heavy atom. The summed E-state index contributed by atoms with van der Waals surface area (Å²) in [6.45, 7) is 2.10. The van der Waals surface area contributed by atoms with Gasteiger partial charge in [-0.25, -0.2) is 13.8 Å². The smallest absolute Gasteiger partial charge is 0.295 e. The molecule has 1 saturated heterocycles. The van der Waals surface area contributed by atoms with Crippen LogP contribution in [-0.4, -0.2) is 57.6 Å². The van der Waals surface area contributed by atoms with Crippen molar-refractivity contribution in [3.8, 4) is 0 Å². The molecule has 0 atom stereocenters. The van der Waals surface area contributed by atoms with E-state index in [1.165, 1.54) is 4.31 Å². The summed E-state index contributed by atoms with van der Waals surface area (Å²) in [5, 5.41) is 4.58. The van der Waals surface area contributed by atoms with E-state index in [0.29, 0.717) is 31.2 Å². The van der Waals surface area contributed by atoms with E-state index in [9.17, 15) is 13.2 Å². The predicted molar refractivity (Wildman–Crippen MR) is 116 cm³/mol. The van der Waals surface area contributed by atoms with E-state index in [1.54, 1.807) is 54.7 Å². The van der Waals surface area contributed by atoms with Gasteiger partial charge >= 0.3 is 0 Å². The highest BCUT2D eigenvalue weighted by atomic mass is 79.9. The molecule has 2 aromatic carbocycles. The molecule has 0 aromatic heterocycles. The van der Waals surface area contributed by atoms with Crippen LogP contribution in [0.5, 0.6) is 0 Å². The van der Waals surface area contributed by atoms with Crippen LogP contribution in [0.2, 0.25) is 5.02 Å². The van der Waals surface area contributed by atoms with Gasteiger partial charge in [0.05, 0.1) is 37.3 Å². The molecule has 10 heteroatoms. The number of hydrogen-bond donors (Lipinski definition) is 2. The van der Waals surface area contributed by atoms with E-state index < -0.39 is 10.0 Å². The lowest BCUT2D eigenvalue weighted by Gasteiger charge is -2.31. The third kappa shape index (κ3) is 6.10. The van der Waals surface area contributed by atoms with Crippen molar-refractivity contribution in [1.82, 2.24) is 9.73 Å². The number of piperazine rings is 1. The second-order valence-corrected chi connectivity index (χ2v) is 9.92. The number of carbonyl (C=O) groups is 1. The topological polar surface area (TPSA) is 83.3 Å². The maximum absolute atomic E-state index is 12.7. The van der Waals surface area contributed by atoms with Gasteiger partial charge in [-0.2, -0.15) is 9.41 Å². The van der Waals surface area contributed by atoms with Crippen molar-refractivity contribution in [2.24, 2.45) is 5.10 Å². The number of nitrogens with zero attached hydrogens (tertiary/aromatic N) is 2. The summed E-state index contributed by atoms with van der Waals surface area (Å²) in [5.41, 5.74) is 3.33. The second kappa shape index (κ2) is 9.82. The number of benzene rings is 2. The molecular weight excluding hydrogens is 480 g/mol. The van der Waals surface area contributed by atoms with Crippen LogP contribution in [0, 0.1) is 0 Å². The van der Waals surface area contributed by atoms with Gasteiger partial charge in [0, 0.05) is 9.50 Å². The molecule has 0 bridgehead atoms. The number of hydrazone groups is 1. The molecule has 154 valence electrons. The molecule has 0 unspecified atom stereocenters. The normalized spacial score (nSPS) is 16.2. The molecule has 2 N–H and O–H groups in total. The van der Waals surface area contributed by atoms with Crippen molar-refractivity contribution in [1.29, 1.82) is 0 Å². The van der Waals surface area contributed by atoms with Gasteiger partial charge in [0.15, 0.2) is 6.54 Å². The fourth-order valence-corrected chi connectivity index (χ4v) is 4.80. The minimum atomic E-state index is -3.51. The number of rotatable bonds is 6. The average Bonchev–Trinajstić information content (AvgIpc) is 2.70. The van der Waals surface area contributed by atoms with Crippen LogP contribution in [0.4, 0.5) is 0 Å². The zero-order valence-corrected chi connectivity index (χ0v) is 18.7. The summed E-state index contributed by atoms with van der Waals surface area (Å²) in [6, 6.07) is 13.7. The Kier molecular flexibility index (Phi) is 7.42. The van der Waals surface area contributed by atoms with E-state index in [1.807, 2.05) is 0 Å². The molecule has 1 aliphatic rings. The van der Waals surface area contributed by atoms with Crippen molar-refractivity contribution in [3.05, 3.63) is 63.6 Å². The van der Waals surface area contributed by atoms with Crippen molar-refractivity contribution < 1.29 is 18.1 Å². The minimum Gasteiger partial charge on any atom is -0.325 e. The van der Waals surface area contributed by atoms with Gasteiger partial charge in [-0.3, -0.25) is 4.79 Å². The van der Waals surface area contributed by atoms with Crippen LogP contribution in [0.3, 0.4) is 0 Å². The number of sulfonamides is 1.